The van der Waals surface area contributed by atoms with E-state index in [4.69, 9.17) is 4.74 Å². The summed E-state index contributed by atoms with van der Waals surface area (Å²) in [5.74, 6) is 0.631. The maximum Gasteiger partial charge on any atom is 0.313 e. The van der Waals surface area contributed by atoms with Crippen LogP contribution in [0.4, 0.5) is 0 Å². The summed E-state index contributed by atoms with van der Waals surface area (Å²) in [5.41, 5.74) is 1.09. The minimum atomic E-state index is -0.302. The molecule has 144 valence electrons. The molecule has 1 aromatic carbocycles. The maximum atomic E-state index is 12.4. The zero-order valence-electron chi connectivity index (χ0n) is 16.4. The van der Waals surface area contributed by atoms with Gasteiger partial charge in [-0.05, 0) is 44.2 Å². The minimum absolute atomic E-state index is 0.0194. The lowest BCUT2D eigenvalue weighted by atomic mass is 9.73. The van der Waals surface area contributed by atoms with Crippen LogP contribution in [0.3, 0.4) is 0 Å². The van der Waals surface area contributed by atoms with E-state index in [2.05, 4.69) is 47.5 Å². The van der Waals surface area contributed by atoms with Gasteiger partial charge in [0.05, 0.1) is 12.5 Å². The van der Waals surface area contributed by atoms with E-state index in [-0.39, 0.29) is 11.4 Å². The first-order valence-corrected chi connectivity index (χ1v) is 10.2. The number of hydrogen-bond donors (Lipinski definition) is 1. The van der Waals surface area contributed by atoms with Crippen molar-refractivity contribution in [2.45, 2.75) is 58.0 Å². The van der Waals surface area contributed by atoms with Crippen LogP contribution in [0.1, 0.15) is 51.0 Å². The Morgan fingerprint density at radius 3 is 2.69 bits per heavy atom. The Labute approximate surface area is 158 Å². The van der Waals surface area contributed by atoms with Crippen LogP contribution in [0.15, 0.2) is 30.3 Å². The zero-order chi connectivity index (χ0) is 18.4. The molecule has 1 heterocycles. The highest BCUT2D eigenvalue weighted by atomic mass is 16.5. The van der Waals surface area contributed by atoms with Gasteiger partial charge in [-0.1, -0.05) is 49.6 Å². The Balaban J connectivity index is 1.50. The number of hydrogen-bond acceptors (Lipinski definition) is 4. The predicted molar refractivity (Wildman–Crippen MR) is 105 cm³/mol. The fourth-order valence-electron chi connectivity index (χ4n) is 4.68. The molecule has 0 amide bonds. The van der Waals surface area contributed by atoms with Gasteiger partial charge in [0, 0.05) is 25.7 Å². The smallest absolute Gasteiger partial charge is 0.313 e. The molecule has 1 saturated heterocycles. The van der Waals surface area contributed by atoms with Crippen LogP contribution in [0.2, 0.25) is 0 Å². The molecule has 1 aliphatic carbocycles. The van der Waals surface area contributed by atoms with Crippen molar-refractivity contribution in [3.63, 3.8) is 0 Å². The van der Waals surface area contributed by atoms with E-state index in [9.17, 15) is 4.79 Å². The van der Waals surface area contributed by atoms with Crippen LogP contribution in [0.25, 0.3) is 0 Å². The predicted octanol–water partition coefficient (Wildman–Crippen LogP) is 3.61. The summed E-state index contributed by atoms with van der Waals surface area (Å²) in [4.78, 5) is 15.0. The molecule has 0 aromatic heterocycles. The molecule has 2 fully saturated rings. The number of nitrogens with one attached hydrogen (secondary N) is 1. The molecule has 1 aromatic rings. The van der Waals surface area contributed by atoms with Gasteiger partial charge in [-0.15, -0.1) is 0 Å². The number of benzene rings is 1. The van der Waals surface area contributed by atoms with Crippen molar-refractivity contribution in [1.29, 1.82) is 0 Å². The van der Waals surface area contributed by atoms with Gasteiger partial charge in [0.15, 0.2) is 0 Å². The lowest BCUT2D eigenvalue weighted by molar-refractivity contribution is -0.154. The number of rotatable bonds is 7. The van der Waals surface area contributed by atoms with E-state index in [1.54, 1.807) is 0 Å². The largest absolute Gasteiger partial charge is 0.469 e. The van der Waals surface area contributed by atoms with E-state index in [0.717, 1.165) is 51.9 Å². The van der Waals surface area contributed by atoms with E-state index in [1.807, 2.05) is 0 Å². The third-order valence-electron chi connectivity index (χ3n) is 6.46. The first-order valence-electron chi connectivity index (χ1n) is 10.2. The van der Waals surface area contributed by atoms with Gasteiger partial charge in [0.25, 0.3) is 0 Å². The third-order valence-corrected chi connectivity index (χ3v) is 6.46. The molecule has 0 unspecified atom stereocenters. The quantitative estimate of drug-likeness (QED) is 0.756. The van der Waals surface area contributed by atoms with Crippen molar-refractivity contribution in [3.8, 4) is 0 Å². The van der Waals surface area contributed by atoms with E-state index >= 15 is 0 Å². The topological polar surface area (TPSA) is 41.6 Å². The van der Waals surface area contributed by atoms with Crippen molar-refractivity contribution in [2.24, 2.45) is 11.3 Å². The molecule has 0 spiro atoms. The Hall–Kier alpha value is -1.39. The van der Waals surface area contributed by atoms with E-state index < -0.39 is 0 Å². The van der Waals surface area contributed by atoms with Crippen molar-refractivity contribution in [3.05, 3.63) is 35.9 Å². The highest BCUT2D eigenvalue weighted by molar-refractivity contribution is 5.77. The number of likely N-dealkylation sites (tertiary alicyclic amines) is 1. The van der Waals surface area contributed by atoms with Gasteiger partial charge >= 0.3 is 5.97 Å². The standard InChI is InChI=1S/C22H34N2O2/c1-18(23-17-22(21(25)26-2)12-7-4-8-13-22)20-11-14-24(16-20)15-19-9-5-3-6-10-19/h3,5-6,9-10,18,20,23H,4,7-8,11-17H2,1-2H3/t18-,20-/m1/s1. The third kappa shape index (κ3) is 4.66. The van der Waals surface area contributed by atoms with Crippen LogP contribution in [-0.4, -0.2) is 43.7 Å². The molecule has 1 aliphatic heterocycles. The summed E-state index contributed by atoms with van der Waals surface area (Å²) < 4.78 is 5.15. The molecule has 2 aliphatic rings. The van der Waals surface area contributed by atoms with E-state index in [0.29, 0.717) is 12.0 Å². The second kappa shape index (κ2) is 9.01. The van der Waals surface area contributed by atoms with Crippen molar-refractivity contribution in [1.82, 2.24) is 10.2 Å². The minimum Gasteiger partial charge on any atom is -0.469 e. The summed E-state index contributed by atoms with van der Waals surface area (Å²) in [7, 11) is 1.53. The Kier molecular flexibility index (Phi) is 6.71. The van der Waals surface area contributed by atoms with Gasteiger partial charge in [-0.2, -0.15) is 0 Å². The number of ether oxygens (including phenoxy) is 1. The Morgan fingerprint density at radius 1 is 1.27 bits per heavy atom. The second-order valence-corrected chi connectivity index (χ2v) is 8.27. The highest BCUT2D eigenvalue weighted by Gasteiger charge is 2.41. The summed E-state index contributed by atoms with van der Waals surface area (Å²) in [5, 5.41) is 3.71. The molecular formula is C22H34N2O2. The van der Waals surface area contributed by atoms with Crippen molar-refractivity contribution >= 4 is 5.97 Å². The van der Waals surface area contributed by atoms with Crippen LogP contribution >= 0.6 is 0 Å². The summed E-state index contributed by atoms with van der Waals surface area (Å²) in [6.07, 6.45) is 6.67. The average Bonchev–Trinajstić information content (AvgIpc) is 3.15. The molecular weight excluding hydrogens is 324 g/mol. The first kappa shape index (κ1) is 19.4. The number of methoxy groups -OCH3 is 1. The molecule has 0 radical (unpaired) electrons. The first-order chi connectivity index (χ1) is 12.6. The van der Waals surface area contributed by atoms with Gasteiger partial charge in [0.2, 0.25) is 0 Å². The summed E-state index contributed by atoms with van der Waals surface area (Å²) in [6, 6.07) is 11.1. The van der Waals surface area contributed by atoms with Crippen LogP contribution < -0.4 is 5.32 Å². The lowest BCUT2D eigenvalue weighted by Gasteiger charge is -2.36. The Morgan fingerprint density at radius 2 is 2.00 bits per heavy atom. The molecule has 0 bridgehead atoms. The Bertz CT molecular complexity index is 569. The molecule has 1 N–H and O–H groups in total. The molecule has 3 rings (SSSR count). The molecule has 2 atom stereocenters. The number of esters is 1. The average molecular weight is 359 g/mol. The monoisotopic (exact) mass is 358 g/mol. The SMILES string of the molecule is COC(=O)C1(CN[C@H](C)[C@@H]2CCN(Cc3ccccc3)C2)CCCCC1. The van der Waals surface area contributed by atoms with Gasteiger partial charge < -0.3 is 10.1 Å². The van der Waals surface area contributed by atoms with Crippen molar-refractivity contribution < 1.29 is 9.53 Å². The molecule has 4 heteroatoms. The zero-order valence-corrected chi connectivity index (χ0v) is 16.4. The van der Waals surface area contributed by atoms with Crippen molar-refractivity contribution in [2.75, 3.05) is 26.7 Å². The molecule has 4 nitrogen and oxygen atoms in total. The summed E-state index contributed by atoms with van der Waals surface area (Å²) >= 11 is 0. The van der Waals surface area contributed by atoms with Crippen LogP contribution in [0.5, 0.6) is 0 Å². The van der Waals surface area contributed by atoms with Gasteiger partial charge in [-0.3, -0.25) is 9.69 Å². The number of nitrogens with zero attached hydrogens (tertiary/aromatic N) is 1. The molecule has 26 heavy (non-hydrogen) atoms. The molecule has 1 saturated carbocycles. The summed E-state index contributed by atoms with van der Waals surface area (Å²) in [6.45, 7) is 6.37. The highest BCUT2D eigenvalue weighted by Crippen LogP contribution is 2.37. The van der Waals surface area contributed by atoms with Crippen LogP contribution in [-0.2, 0) is 16.1 Å². The number of carbonyl (C=O) groups is 1. The maximum absolute atomic E-state index is 12.4. The van der Waals surface area contributed by atoms with E-state index in [1.165, 1.54) is 25.5 Å². The second-order valence-electron chi connectivity index (χ2n) is 8.27. The number of carbonyl (C=O) groups excluding carboxylic acids is 1. The fourth-order valence-corrected chi connectivity index (χ4v) is 4.68. The normalized spacial score (nSPS) is 24.3. The lowest BCUT2D eigenvalue weighted by Crippen LogP contribution is -2.47. The van der Waals surface area contributed by atoms with Crippen LogP contribution in [0, 0.1) is 11.3 Å². The fraction of sp³-hybridized carbons (Fsp3) is 0.682. The van der Waals surface area contributed by atoms with Gasteiger partial charge in [-0.25, -0.2) is 0 Å². The van der Waals surface area contributed by atoms with Gasteiger partial charge in [0.1, 0.15) is 0 Å².